The van der Waals surface area contributed by atoms with Crippen LogP contribution >= 0.6 is 0 Å². The molecule has 100 valence electrons. The van der Waals surface area contributed by atoms with Crippen LogP contribution in [-0.2, 0) is 14.4 Å². The van der Waals surface area contributed by atoms with Crippen molar-refractivity contribution in [3.63, 3.8) is 0 Å². The Labute approximate surface area is 106 Å². The molecule has 0 aromatic rings. The smallest absolute Gasteiger partial charge is 0.253 e. The predicted molar refractivity (Wildman–Crippen MR) is 64.4 cm³/mol. The Morgan fingerprint density at radius 1 is 1.17 bits per heavy atom. The molecule has 0 fully saturated rings. The molecule has 6 nitrogen and oxygen atoms in total. The first kappa shape index (κ1) is 14.4. The summed E-state index contributed by atoms with van der Waals surface area (Å²) < 4.78 is 0. The number of nitrogens with one attached hydrogen (secondary N) is 1. The van der Waals surface area contributed by atoms with Crippen LogP contribution < -0.4 is 5.32 Å². The molecule has 1 heterocycles. The average Bonchev–Trinajstić information content (AvgIpc) is 2.67. The van der Waals surface area contributed by atoms with E-state index in [9.17, 15) is 14.4 Å². The lowest BCUT2D eigenvalue weighted by atomic mass is 10.2. The van der Waals surface area contributed by atoms with Gasteiger partial charge >= 0.3 is 0 Å². The minimum Gasteiger partial charge on any atom is -0.395 e. The summed E-state index contributed by atoms with van der Waals surface area (Å²) in [5.74, 6) is -0.611. The van der Waals surface area contributed by atoms with E-state index in [0.29, 0.717) is 25.8 Å². The van der Waals surface area contributed by atoms with E-state index in [1.54, 1.807) is 0 Å². The van der Waals surface area contributed by atoms with Gasteiger partial charge in [-0.05, 0) is 12.8 Å². The fraction of sp³-hybridized carbons (Fsp3) is 0.583. The van der Waals surface area contributed by atoms with Gasteiger partial charge in [-0.2, -0.15) is 0 Å². The molecule has 0 atom stereocenters. The minimum absolute atomic E-state index is 0.0576. The lowest BCUT2D eigenvalue weighted by Gasteiger charge is -2.12. The van der Waals surface area contributed by atoms with Gasteiger partial charge in [0.25, 0.3) is 11.8 Å². The van der Waals surface area contributed by atoms with Crippen molar-refractivity contribution in [3.05, 3.63) is 12.2 Å². The highest BCUT2D eigenvalue weighted by Crippen LogP contribution is 2.07. The average molecular weight is 254 g/mol. The molecule has 0 saturated heterocycles. The Morgan fingerprint density at radius 2 is 1.83 bits per heavy atom. The van der Waals surface area contributed by atoms with Gasteiger partial charge in [-0.25, -0.2) is 0 Å². The topological polar surface area (TPSA) is 86.7 Å². The Bertz CT molecular complexity index is 334. The standard InChI is InChI=1S/C12H18N2O4/c15-9-7-13-10(16)4-2-1-3-8-14-11(17)5-6-12(14)18/h5-6,15H,1-4,7-9H2,(H,13,16). The highest BCUT2D eigenvalue weighted by atomic mass is 16.3. The van der Waals surface area contributed by atoms with Crippen molar-refractivity contribution >= 4 is 17.7 Å². The molecule has 3 amide bonds. The van der Waals surface area contributed by atoms with Crippen molar-refractivity contribution < 1.29 is 19.5 Å². The van der Waals surface area contributed by atoms with Gasteiger partial charge in [0.1, 0.15) is 0 Å². The number of aliphatic hydroxyl groups is 1. The summed E-state index contributed by atoms with van der Waals surface area (Å²) in [6.45, 7) is 0.627. The number of carbonyl (C=O) groups excluding carboxylic acids is 3. The molecule has 1 aliphatic rings. The SMILES string of the molecule is O=C(CCCCCN1C(=O)C=CC1=O)NCCO. The summed E-state index contributed by atoms with van der Waals surface area (Å²) in [6.07, 6.45) is 5.13. The molecule has 0 aromatic carbocycles. The number of nitrogens with zero attached hydrogens (tertiary/aromatic N) is 1. The van der Waals surface area contributed by atoms with Gasteiger partial charge in [-0.15, -0.1) is 0 Å². The van der Waals surface area contributed by atoms with Gasteiger partial charge in [0, 0.05) is 31.7 Å². The van der Waals surface area contributed by atoms with Crippen molar-refractivity contribution in [2.24, 2.45) is 0 Å². The second-order valence-corrected chi connectivity index (χ2v) is 4.05. The number of hydrogen-bond acceptors (Lipinski definition) is 4. The molecule has 2 N–H and O–H groups in total. The van der Waals surface area contributed by atoms with Crippen LogP contribution in [-0.4, -0.2) is 47.4 Å². The molecular formula is C12H18N2O4. The van der Waals surface area contributed by atoms with Crippen LogP contribution in [0.2, 0.25) is 0 Å². The van der Waals surface area contributed by atoms with E-state index in [2.05, 4.69) is 5.32 Å². The monoisotopic (exact) mass is 254 g/mol. The van der Waals surface area contributed by atoms with Crippen molar-refractivity contribution in [3.8, 4) is 0 Å². The summed E-state index contributed by atoms with van der Waals surface area (Å²) in [5, 5.41) is 11.1. The Kier molecular flexibility index (Phi) is 6.07. The van der Waals surface area contributed by atoms with Crippen molar-refractivity contribution in [1.29, 1.82) is 0 Å². The van der Waals surface area contributed by atoms with E-state index < -0.39 is 0 Å². The van der Waals surface area contributed by atoms with Gasteiger partial charge in [-0.1, -0.05) is 6.42 Å². The molecule has 6 heteroatoms. The summed E-state index contributed by atoms with van der Waals surface area (Å²) in [6, 6.07) is 0. The second kappa shape index (κ2) is 7.60. The summed E-state index contributed by atoms with van der Waals surface area (Å²) in [5.41, 5.74) is 0. The fourth-order valence-electron chi connectivity index (χ4n) is 1.67. The van der Waals surface area contributed by atoms with E-state index in [0.717, 1.165) is 6.42 Å². The number of imide groups is 1. The summed E-state index contributed by atoms with van der Waals surface area (Å²) in [7, 11) is 0. The van der Waals surface area contributed by atoms with Crippen molar-refractivity contribution in [2.45, 2.75) is 25.7 Å². The number of unbranched alkanes of at least 4 members (excludes halogenated alkanes) is 2. The van der Waals surface area contributed by atoms with Crippen LogP contribution in [0.1, 0.15) is 25.7 Å². The largest absolute Gasteiger partial charge is 0.395 e. The van der Waals surface area contributed by atoms with Crippen LogP contribution in [0.25, 0.3) is 0 Å². The first-order valence-electron chi connectivity index (χ1n) is 6.06. The molecule has 0 spiro atoms. The van der Waals surface area contributed by atoms with Gasteiger partial charge < -0.3 is 10.4 Å². The Balaban J connectivity index is 2.04. The number of hydrogen-bond donors (Lipinski definition) is 2. The zero-order valence-electron chi connectivity index (χ0n) is 10.2. The number of carbonyl (C=O) groups is 3. The minimum atomic E-state index is -0.263. The van der Waals surface area contributed by atoms with E-state index in [4.69, 9.17) is 5.11 Å². The first-order valence-corrected chi connectivity index (χ1v) is 6.06. The number of aliphatic hydroxyl groups excluding tert-OH is 1. The maximum atomic E-state index is 11.2. The van der Waals surface area contributed by atoms with Gasteiger partial charge in [0.2, 0.25) is 5.91 Å². The van der Waals surface area contributed by atoms with Gasteiger partial charge in [-0.3, -0.25) is 19.3 Å². The number of rotatable bonds is 8. The van der Waals surface area contributed by atoms with Crippen LogP contribution in [0.15, 0.2) is 12.2 Å². The third-order valence-electron chi connectivity index (χ3n) is 2.62. The molecule has 1 aliphatic heterocycles. The highest BCUT2D eigenvalue weighted by molar-refractivity contribution is 6.12. The lowest BCUT2D eigenvalue weighted by Crippen LogP contribution is -2.30. The molecule has 1 rings (SSSR count). The molecule has 0 aliphatic carbocycles. The Hall–Kier alpha value is -1.69. The maximum absolute atomic E-state index is 11.2. The van der Waals surface area contributed by atoms with E-state index in [1.807, 2.05) is 0 Å². The Morgan fingerprint density at radius 3 is 2.44 bits per heavy atom. The van der Waals surface area contributed by atoms with Crippen LogP contribution in [0.3, 0.4) is 0 Å². The summed E-state index contributed by atoms with van der Waals surface area (Å²) in [4.78, 5) is 34.8. The van der Waals surface area contributed by atoms with E-state index in [1.165, 1.54) is 17.1 Å². The molecule has 18 heavy (non-hydrogen) atoms. The van der Waals surface area contributed by atoms with Crippen molar-refractivity contribution in [1.82, 2.24) is 10.2 Å². The van der Waals surface area contributed by atoms with E-state index >= 15 is 0 Å². The zero-order chi connectivity index (χ0) is 13.4. The lowest BCUT2D eigenvalue weighted by molar-refractivity contribution is -0.136. The molecular weight excluding hydrogens is 236 g/mol. The number of amides is 3. The maximum Gasteiger partial charge on any atom is 0.253 e. The predicted octanol–water partition coefficient (Wildman–Crippen LogP) is -0.420. The van der Waals surface area contributed by atoms with E-state index in [-0.39, 0.29) is 30.9 Å². The highest BCUT2D eigenvalue weighted by Gasteiger charge is 2.22. The molecule has 0 aromatic heterocycles. The third-order valence-corrected chi connectivity index (χ3v) is 2.62. The second-order valence-electron chi connectivity index (χ2n) is 4.05. The van der Waals surface area contributed by atoms with Gasteiger partial charge in [0.05, 0.1) is 6.61 Å². The quantitative estimate of drug-likeness (QED) is 0.455. The third kappa shape index (κ3) is 4.67. The normalized spacial score (nSPS) is 14.4. The fourth-order valence-corrected chi connectivity index (χ4v) is 1.67. The first-order chi connectivity index (χ1) is 8.65. The van der Waals surface area contributed by atoms with Gasteiger partial charge in [0.15, 0.2) is 0 Å². The van der Waals surface area contributed by atoms with Crippen LogP contribution in [0.5, 0.6) is 0 Å². The molecule has 0 bridgehead atoms. The molecule has 0 unspecified atom stereocenters. The summed E-state index contributed by atoms with van der Waals surface area (Å²) >= 11 is 0. The molecule has 0 saturated carbocycles. The van der Waals surface area contributed by atoms with Crippen LogP contribution in [0.4, 0.5) is 0 Å². The van der Waals surface area contributed by atoms with Crippen molar-refractivity contribution in [2.75, 3.05) is 19.7 Å². The van der Waals surface area contributed by atoms with Crippen LogP contribution in [0, 0.1) is 0 Å². The zero-order valence-corrected chi connectivity index (χ0v) is 10.2. The molecule has 0 radical (unpaired) electrons.